The summed E-state index contributed by atoms with van der Waals surface area (Å²) in [6.07, 6.45) is 5.28. The van der Waals surface area contributed by atoms with Crippen LogP contribution in [0.5, 0.6) is 0 Å². The molecule has 0 aliphatic heterocycles. The molecule has 4 heteroatoms. The zero-order valence-corrected chi connectivity index (χ0v) is 16.4. The minimum atomic E-state index is -0.810. The van der Waals surface area contributed by atoms with E-state index in [0.29, 0.717) is 23.7 Å². The summed E-state index contributed by atoms with van der Waals surface area (Å²) >= 11 is 0. The van der Waals surface area contributed by atoms with Crippen molar-refractivity contribution in [2.24, 2.45) is 35.5 Å². The van der Waals surface area contributed by atoms with Gasteiger partial charge in [0.2, 0.25) is 0 Å². The van der Waals surface area contributed by atoms with Crippen LogP contribution in [0.3, 0.4) is 0 Å². The third-order valence-electron chi connectivity index (χ3n) is 7.63. The number of esters is 2. The molecule has 0 aromatic heterocycles. The standard InChI is InChI=1S/C21H34O4/c1-12(2)21(8-6-7-9-21)25-19(22)15(5)24-20(23)18-11-16-10-17(18)14(4)13(16)3/h12-18H,6-11H2,1-5H3. The lowest BCUT2D eigenvalue weighted by molar-refractivity contribution is -0.183. The second-order valence-electron chi connectivity index (χ2n) is 9.15. The number of ether oxygens (including phenoxy) is 2. The summed E-state index contributed by atoms with van der Waals surface area (Å²) in [4.78, 5) is 25.2. The van der Waals surface area contributed by atoms with Gasteiger partial charge in [0.25, 0.3) is 0 Å². The molecule has 6 unspecified atom stereocenters. The van der Waals surface area contributed by atoms with E-state index in [0.717, 1.165) is 38.5 Å². The summed E-state index contributed by atoms with van der Waals surface area (Å²) < 4.78 is 11.4. The Hall–Kier alpha value is -1.06. The van der Waals surface area contributed by atoms with E-state index >= 15 is 0 Å². The summed E-state index contributed by atoms with van der Waals surface area (Å²) in [5.41, 5.74) is -0.367. The summed E-state index contributed by atoms with van der Waals surface area (Å²) in [5.74, 6) is 2.02. The van der Waals surface area contributed by atoms with Crippen LogP contribution in [0.1, 0.15) is 73.1 Å². The van der Waals surface area contributed by atoms with Gasteiger partial charge in [0, 0.05) is 0 Å². The average molecular weight is 350 g/mol. The zero-order chi connectivity index (χ0) is 18.4. The molecular weight excluding hydrogens is 316 g/mol. The number of hydrogen-bond acceptors (Lipinski definition) is 4. The van der Waals surface area contributed by atoms with Gasteiger partial charge in [0.1, 0.15) is 5.60 Å². The summed E-state index contributed by atoms with van der Waals surface area (Å²) in [6.45, 7) is 10.4. The Morgan fingerprint density at radius 2 is 1.64 bits per heavy atom. The van der Waals surface area contributed by atoms with Gasteiger partial charge >= 0.3 is 11.9 Å². The minimum absolute atomic E-state index is 0.0306. The molecule has 142 valence electrons. The van der Waals surface area contributed by atoms with Crippen molar-refractivity contribution < 1.29 is 19.1 Å². The molecule has 0 amide bonds. The molecule has 3 aliphatic rings. The SMILES string of the molecule is CC(OC(=O)C1CC2CC1C(C)C2C)C(=O)OC1(C(C)C)CCCC1. The van der Waals surface area contributed by atoms with Crippen molar-refractivity contribution in [2.75, 3.05) is 0 Å². The molecule has 0 radical (unpaired) electrons. The van der Waals surface area contributed by atoms with Gasteiger partial charge in [0.05, 0.1) is 5.92 Å². The zero-order valence-electron chi connectivity index (χ0n) is 16.4. The van der Waals surface area contributed by atoms with E-state index in [-0.39, 0.29) is 29.4 Å². The van der Waals surface area contributed by atoms with Crippen molar-refractivity contribution in [3.8, 4) is 0 Å². The Balaban J connectivity index is 1.56. The third kappa shape index (κ3) is 3.33. The van der Waals surface area contributed by atoms with E-state index < -0.39 is 6.10 Å². The number of hydrogen-bond donors (Lipinski definition) is 0. The molecule has 0 spiro atoms. The third-order valence-corrected chi connectivity index (χ3v) is 7.63. The van der Waals surface area contributed by atoms with Crippen LogP contribution in [0.2, 0.25) is 0 Å². The van der Waals surface area contributed by atoms with Crippen molar-refractivity contribution in [2.45, 2.75) is 84.8 Å². The van der Waals surface area contributed by atoms with Crippen LogP contribution in [0.4, 0.5) is 0 Å². The molecule has 0 aromatic carbocycles. The first-order valence-electron chi connectivity index (χ1n) is 10.2. The van der Waals surface area contributed by atoms with Crippen LogP contribution in [0.25, 0.3) is 0 Å². The molecular formula is C21H34O4. The van der Waals surface area contributed by atoms with Gasteiger partial charge in [-0.2, -0.15) is 0 Å². The van der Waals surface area contributed by atoms with Crippen molar-refractivity contribution in [1.29, 1.82) is 0 Å². The minimum Gasteiger partial charge on any atom is -0.456 e. The predicted octanol–water partition coefficient (Wildman–Crippen LogP) is 4.36. The van der Waals surface area contributed by atoms with Gasteiger partial charge in [0.15, 0.2) is 6.10 Å². The molecule has 25 heavy (non-hydrogen) atoms. The van der Waals surface area contributed by atoms with Crippen LogP contribution >= 0.6 is 0 Å². The second-order valence-corrected chi connectivity index (χ2v) is 9.15. The molecule has 3 aliphatic carbocycles. The lowest BCUT2D eigenvalue weighted by Gasteiger charge is -2.34. The fraction of sp³-hybridized carbons (Fsp3) is 0.905. The lowest BCUT2D eigenvalue weighted by Crippen LogP contribution is -2.42. The molecule has 3 fully saturated rings. The largest absolute Gasteiger partial charge is 0.456 e. The maximum absolute atomic E-state index is 12.6. The Bertz CT molecular complexity index is 518. The fourth-order valence-electron chi connectivity index (χ4n) is 5.58. The van der Waals surface area contributed by atoms with Gasteiger partial charge in [-0.3, -0.25) is 4.79 Å². The normalized spacial score (nSPS) is 37.3. The number of fused-ring (bicyclic) bond motifs is 2. The maximum Gasteiger partial charge on any atom is 0.347 e. The molecule has 2 bridgehead atoms. The molecule has 3 saturated carbocycles. The Morgan fingerprint density at radius 3 is 2.16 bits per heavy atom. The molecule has 0 N–H and O–H groups in total. The Morgan fingerprint density at radius 1 is 1.00 bits per heavy atom. The maximum atomic E-state index is 12.6. The van der Waals surface area contributed by atoms with Crippen LogP contribution < -0.4 is 0 Å². The molecule has 6 atom stereocenters. The molecule has 4 nitrogen and oxygen atoms in total. The number of carbonyl (C=O) groups is 2. The number of rotatable bonds is 5. The van der Waals surface area contributed by atoms with E-state index in [1.54, 1.807) is 6.92 Å². The summed E-state index contributed by atoms with van der Waals surface area (Å²) in [5, 5.41) is 0. The monoisotopic (exact) mass is 350 g/mol. The summed E-state index contributed by atoms with van der Waals surface area (Å²) in [7, 11) is 0. The first-order chi connectivity index (χ1) is 11.7. The highest BCUT2D eigenvalue weighted by atomic mass is 16.6. The van der Waals surface area contributed by atoms with Crippen LogP contribution in [0.15, 0.2) is 0 Å². The highest BCUT2D eigenvalue weighted by molar-refractivity contribution is 5.80. The first-order valence-corrected chi connectivity index (χ1v) is 10.2. The van der Waals surface area contributed by atoms with Crippen molar-refractivity contribution in [1.82, 2.24) is 0 Å². The molecule has 0 saturated heterocycles. The topological polar surface area (TPSA) is 52.6 Å². The Labute approximate surface area is 152 Å². The van der Waals surface area contributed by atoms with Crippen molar-refractivity contribution >= 4 is 11.9 Å². The highest BCUT2D eigenvalue weighted by Gasteiger charge is 2.52. The van der Waals surface area contributed by atoms with Gasteiger partial charge in [-0.05, 0) is 75.0 Å². The van der Waals surface area contributed by atoms with Crippen LogP contribution in [-0.2, 0) is 19.1 Å². The van der Waals surface area contributed by atoms with E-state index in [2.05, 4.69) is 27.7 Å². The van der Waals surface area contributed by atoms with Crippen LogP contribution in [-0.4, -0.2) is 23.6 Å². The van der Waals surface area contributed by atoms with Gasteiger partial charge in [-0.25, -0.2) is 4.79 Å². The van der Waals surface area contributed by atoms with Crippen molar-refractivity contribution in [3.63, 3.8) is 0 Å². The fourth-order valence-corrected chi connectivity index (χ4v) is 5.58. The quantitative estimate of drug-likeness (QED) is 0.691. The molecule has 0 aromatic rings. The van der Waals surface area contributed by atoms with E-state index in [1.165, 1.54) is 0 Å². The highest BCUT2D eigenvalue weighted by Crippen LogP contribution is 2.55. The average Bonchev–Trinajstić information content (AvgIpc) is 3.25. The van der Waals surface area contributed by atoms with Gasteiger partial charge in [-0.15, -0.1) is 0 Å². The van der Waals surface area contributed by atoms with E-state index in [9.17, 15) is 9.59 Å². The van der Waals surface area contributed by atoms with Gasteiger partial charge < -0.3 is 9.47 Å². The second kappa shape index (κ2) is 6.92. The molecule has 3 rings (SSSR count). The first kappa shape index (κ1) is 18.7. The smallest absolute Gasteiger partial charge is 0.347 e. The molecule has 0 heterocycles. The van der Waals surface area contributed by atoms with Crippen molar-refractivity contribution in [3.05, 3.63) is 0 Å². The lowest BCUT2D eigenvalue weighted by atomic mass is 9.76. The van der Waals surface area contributed by atoms with E-state index in [4.69, 9.17) is 9.47 Å². The number of carbonyl (C=O) groups excluding carboxylic acids is 2. The predicted molar refractivity (Wildman–Crippen MR) is 95.7 cm³/mol. The summed E-state index contributed by atoms with van der Waals surface area (Å²) in [6, 6.07) is 0. The van der Waals surface area contributed by atoms with Gasteiger partial charge in [-0.1, -0.05) is 27.7 Å². The van der Waals surface area contributed by atoms with E-state index in [1.807, 2.05) is 0 Å². The Kier molecular flexibility index (Phi) is 5.18. The van der Waals surface area contributed by atoms with Crippen LogP contribution in [0, 0.1) is 35.5 Å².